The Bertz CT molecular complexity index is 401. The zero-order valence-electron chi connectivity index (χ0n) is 11.7. The summed E-state index contributed by atoms with van der Waals surface area (Å²) in [5.41, 5.74) is 0.0533. The number of aromatic nitrogens is 2. The van der Waals surface area contributed by atoms with Crippen molar-refractivity contribution in [3.05, 3.63) is 11.7 Å². The number of hydrogen-bond donors (Lipinski definition) is 1. The third kappa shape index (κ3) is 2.54. The second-order valence-corrected chi connectivity index (χ2v) is 5.83. The lowest BCUT2D eigenvalue weighted by atomic mass is 9.77. The molecule has 1 aromatic heterocycles. The lowest BCUT2D eigenvalue weighted by Crippen LogP contribution is -2.43. The van der Waals surface area contributed by atoms with Crippen LogP contribution in [0.4, 0.5) is 0 Å². The largest absolute Gasteiger partial charge is 0.381 e. The molecule has 0 spiro atoms. The van der Waals surface area contributed by atoms with Gasteiger partial charge >= 0.3 is 0 Å². The Hall–Kier alpha value is -0.940. The molecule has 106 valence electrons. The minimum atomic E-state index is 0.0533. The van der Waals surface area contributed by atoms with Crippen LogP contribution in [-0.2, 0) is 10.2 Å². The third-order valence-corrected chi connectivity index (χ3v) is 4.39. The van der Waals surface area contributed by atoms with E-state index in [0.29, 0.717) is 5.92 Å². The Kier molecular flexibility index (Phi) is 3.84. The van der Waals surface area contributed by atoms with Gasteiger partial charge in [-0.1, -0.05) is 18.5 Å². The quantitative estimate of drug-likeness (QED) is 0.902. The van der Waals surface area contributed by atoms with Crippen molar-refractivity contribution in [1.29, 1.82) is 0 Å². The lowest BCUT2D eigenvalue weighted by molar-refractivity contribution is 0.192. The molecule has 19 heavy (non-hydrogen) atoms. The molecule has 2 atom stereocenters. The molecular weight excluding hydrogens is 242 g/mol. The summed E-state index contributed by atoms with van der Waals surface area (Å²) in [4.78, 5) is 4.71. The smallest absolute Gasteiger partial charge is 0.234 e. The van der Waals surface area contributed by atoms with Crippen molar-refractivity contribution in [2.75, 3.05) is 26.3 Å². The van der Waals surface area contributed by atoms with E-state index in [9.17, 15) is 0 Å². The fourth-order valence-corrected chi connectivity index (χ4v) is 3.30. The molecule has 0 saturated carbocycles. The average molecular weight is 265 g/mol. The summed E-state index contributed by atoms with van der Waals surface area (Å²) in [6, 6.07) is 0. The number of ether oxygens (including phenoxy) is 1. The van der Waals surface area contributed by atoms with E-state index in [1.54, 1.807) is 0 Å². The van der Waals surface area contributed by atoms with Gasteiger partial charge in [-0.25, -0.2) is 0 Å². The minimum absolute atomic E-state index is 0.0533. The molecule has 2 fully saturated rings. The van der Waals surface area contributed by atoms with Gasteiger partial charge in [0.2, 0.25) is 5.89 Å². The standard InChI is InChI=1S/C14H23N3O2/c1-2-5-14(6-3-7-15-10-14)13-16-12(17-19-13)11-4-8-18-9-11/h11,15H,2-10H2,1H3. The number of nitrogens with one attached hydrogen (secondary N) is 1. The average Bonchev–Trinajstić information content (AvgIpc) is 3.11. The van der Waals surface area contributed by atoms with Crippen LogP contribution in [-0.4, -0.2) is 36.4 Å². The number of piperidine rings is 1. The van der Waals surface area contributed by atoms with E-state index >= 15 is 0 Å². The Morgan fingerprint density at radius 1 is 1.47 bits per heavy atom. The van der Waals surface area contributed by atoms with Crippen LogP contribution in [0, 0.1) is 0 Å². The Morgan fingerprint density at radius 3 is 3.11 bits per heavy atom. The molecule has 1 aromatic rings. The van der Waals surface area contributed by atoms with Crippen molar-refractivity contribution in [1.82, 2.24) is 15.5 Å². The molecule has 0 bridgehead atoms. The molecule has 0 amide bonds. The first-order chi connectivity index (χ1) is 9.34. The molecule has 3 heterocycles. The first kappa shape index (κ1) is 13.1. The first-order valence-corrected chi connectivity index (χ1v) is 7.46. The van der Waals surface area contributed by atoms with Gasteiger partial charge < -0.3 is 14.6 Å². The topological polar surface area (TPSA) is 60.2 Å². The molecule has 0 radical (unpaired) electrons. The van der Waals surface area contributed by atoms with Gasteiger partial charge in [0.25, 0.3) is 0 Å². The maximum atomic E-state index is 5.62. The molecule has 5 nitrogen and oxygen atoms in total. The van der Waals surface area contributed by atoms with Crippen molar-refractivity contribution < 1.29 is 9.26 Å². The highest BCUT2D eigenvalue weighted by Crippen LogP contribution is 2.35. The summed E-state index contributed by atoms with van der Waals surface area (Å²) in [6.45, 7) is 5.83. The fraction of sp³-hybridized carbons (Fsp3) is 0.857. The van der Waals surface area contributed by atoms with Crippen LogP contribution < -0.4 is 5.32 Å². The first-order valence-electron chi connectivity index (χ1n) is 7.46. The van der Waals surface area contributed by atoms with E-state index in [0.717, 1.165) is 63.7 Å². The van der Waals surface area contributed by atoms with E-state index < -0.39 is 0 Å². The maximum Gasteiger partial charge on any atom is 0.234 e. The number of hydrogen-bond acceptors (Lipinski definition) is 5. The van der Waals surface area contributed by atoms with Crippen LogP contribution in [0.3, 0.4) is 0 Å². The van der Waals surface area contributed by atoms with Gasteiger partial charge in [0, 0.05) is 19.1 Å². The van der Waals surface area contributed by atoms with Crippen LogP contribution in [0.25, 0.3) is 0 Å². The summed E-state index contributed by atoms with van der Waals surface area (Å²) in [6.07, 6.45) is 5.60. The van der Waals surface area contributed by atoms with Gasteiger partial charge in [0.1, 0.15) is 0 Å². The summed E-state index contributed by atoms with van der Waals surface area (Å²) >= 11 is 0. The SMILES string of the molecule is CCCC1(c2nc(C3CCOC3)no2)CCCNC1. The molecule has 2 saturated heterocycles. The van der Waals surface area contributed by atoms with Crippen molar-refractivity contribution in [2.45, 2.75) is 50.4 Å². The van der Waals surface area contributed by atoms with Crippen molar-refractivity contribution in [3.8, 4) is 0 Å². The van der Waals surface area contributed by atoms with Gasteiger partial charge in [-0.15, -0.1) is 0 Å². The minimum Gasteiger partial charge on any atom is -0.381 e. The van der Waals surface area contributed by atoms with Gasteiger partial charge in [-0.05, 0) is 32.2 Å². The van der Waals surface area contributed by atoms with E-state index in [1.165, 1.54) is 6.42 Å². The molecule has 2 aliphatic heterocycles. The van der Waals surface area contributed by atoms with Gasteiger partial charge in [0.05, 0.1) is 12.0 Å². The molecule has 0 aromatic carbocycles. The van der Waals surface area contributed by atoms with Crippen molar-refractivity contribution in [2.24, 2.45) is 0 Å². The van der Waals surface area contributed by atoms with Gasteiger partial charge in [-0.2, -0.15) is 4.98 Å². The van der Waals surface area contributed by atoms with Crippen molar-refractivity contribution >= 4 is 0 Å². The second-order valence-electron chi connectivity index (χ2n) is 5.83. The monoisotopic (exact) mass is 265 g/mol. The molecule has 2 aliphatic rings. The highest BCUT2D eigenvalue weighted by atomic mass is 16.5. The highest BCUT2D eigenvalue weighted by Gasteiger charge is 2.39. The van der Waals surface area contributed by atoms with Crippen LogP contribution in [0.15, 0.2) is 4.52 Å². The molecular formula is C14H23N3O2. The van der Waals surface area contributed by atoms with Crippen LogP contribution in [0.5, 0.6) is 0 Å². The maximum absolute atomic E-state index is 5.62. The zero-order chi connectivity index (χ0) is 13.1. The molecule has 5 heteroatoms. The van der Waals surface area contributed by atoms with Crippen molar-refractivity contribution in [3.63, 3.8) is 0 Å². The number of nitrogens with zero attached hydrogens (tertiary/aromatic N) is 2. The summed E-state index contributed by atoms with van der Waals surface area (Å²) in [5, 5.41) is 7.69. The Morgan fingerprint density at radius 2 is 2.42 bits per heavy atom. The molecule has 0 aliphatic carbocycles. The fourth-order valence-electron chi connectivity index (χ4n) is 3.30. The Labute approximate surface area is 114 Å². The van der Waals surface area contributed by atoms with Crippen LogP contribution in [0.1, 0.15) is 56.7 Å². The summed E-state index contributed by atoms with van der Waals surface area (Å²) in [7, 11) is 0. The summed E-state index contributed by atoms with van der Waals surface area (Å²) < 4.78 is 11.0. The molecule has 1 N–H and O–H groups in total. The van der Waals surface area contributed by atoms with Crippen LogP contribution >= 0.6 is 0 Å². The Balaban J connectivity index is 1.81. The lowest BCUT2D eigenvalue weighted by Gasteiger charge is -2.34. The normalized spacial score (nSPS) is 31.7. The van der Waals surface area contributed by atoms with E-state index in [4.69, 9.17) is 14.2 Å². The summed E-state index contributed by atoms with van der Waals surface area (Å²) in [5.74, 6) is 2.00. The van der Waals surface area contributed by atoms with Gasteiger partial charge in [-0.3, -0.25) is 0 Å². The second kappa shape index (κ2) is 5.59. The molecule has 3 rings (SSSR count). The molecule has 2 unspecified atom stereocenters. The predicted octanol–water partition coefficient (Wildman–Crippen LogP) is 1.99. The van der Waals surface area contributed by atoms with E-state index in [1.807, 2.05) is 0 Å². The zero-order valence-corrected chi connectivity index (χ0v) is 11.7. The van der Waals surface area contributed by atoms with E-state index in [2.05, 4.69) is 17.4 Å². The number of rotatable bonds is 4. The van der Waals surface area contributed by atoms with Crippen LogP contribution in [0.2, 0.25) is 0 Å². The predicted molar refractivity (Wildman–Crippen MR) is 71.2 cm³/mol. The van der Waals surface area contributed by atoms with Gasteiger partial charge in [0.15, 0.2) is 5.82 Å². The highest BCUT2D eigenvalue weighted by molar-refractivity contribution is 5.10. The third-order valence-electron chi connectivity index (χ3n) is 4.39. The van der Waals surface area contributed by atoms with E-state index in [-0.39, 0.29) is 5.41 Å².